The largest absolute Gasteiger partial charge is 0.313 e. The summed E-state index contributed by atoms with van der Waals surface area (Å²) in [4.78, 5) is 33.3. The minimum Gasteiger partial charge on any atom is -0.313 e. The molecular weight excluding hydrogens is 356 g/mol. The number of nitrogens with one attached hydrogen (secondary N) is 1. The average Bonchev–Trinajstić information content (AvgIpc) is 3.17. The fourth-order valence-corrected chi connectivity index (χ4v) is 2.83. The van der Waals surface area contributed by atoms with Crippen LogP contribution in [0.25, 0.3) is 16.8 Å². The molecule has 0 saturated carbocycles. The van der Waals surface area contributed by atoms with Gasteiger partial charge in [0.1, 0.15) is 18.7 Å². The molecule has 1 aliphatic heterocycles. The van der Waals surface area contributed by atoms with Gasteiger partial charge in [-0.05, 0) is 25.0 Å². The van der Waals surface area contributed by atoms with Crippen LogP contribution in [-0.2, 0) is 11.3 Å². The van der Waals surface area contributed by atoms with Crippen molar-refractivity contribution in [2.24, 2.45) is 4.99 Å². The van der Waals surface area contributed by atoms with Gasteiger partial charge in [0, 0.05) is 42.5 Å². The fourth-order valence-electron chi connectivity index (χ4n) is 2.83. The quantitative estimate of drug-likeness (QED) is 0.745. The standard InChI is InChI=1S/C19H18N8O/c1-13-6-16(24-12-23-13)15-8-25-27(10-15)11-19(28)26-18-3-2-14(7-22-18)17-9-20-4-5-21-17/h4-10,12H,2-3,11H2,1H3,(H,22,26,28). The SMILES string of the molecule is Cc1cc(-c2cnn(CC(=O)NC3=NC=C(c4cnccn4)CC3)c2)ncn1. The van der Waals surface area contributed by atoms with E-state index in [1.807, 2.05) is 13.0 Å². The van der Waals surface area contributed by atoms with Gasteiger partial charge in [-0.1, -0.05) is 0 Å². The predicted octanol–water partition coefficient (Wildman–Crippen LogP) is 1.79. The molecule has 140 valence electrons. The summed E-state index contributed by atoms with van der Waals surface area (Å²) in [5, 5.41) is 7.08. The molecule has 1 N–H and O–H groups in total. The van der Waals surface area contributed by atoms with Gasteiger partial charge in [-0.3, -0.25) is 19.4 Å². The monoisotopic (exact) mass is 374 g/mol. The molecule has 0 aliphatic carbocycles. The van der Waals surface area contributed by atoms with Gasteiger partial charge in [-0.15, -0.1) is 0 Å². The molecule has 4 rings (SSSR count). The molecule has 0 atom stereocenters. The summed E-state index contributed by atoms with van der Waals surface area (Å²) in [6.07, 6.45) is 13.1. The molecule has 0 fully saturated rings. The number of amidine groups is 1. The topological polar surface area (TPSA) is 111 Å². The van der Waals surface area contributed by atoms with Gasteiger partial charge < -0.3 is 5.32 Å². The number of aromatic nitrogens is 6. The molecule has 28 heavy (non-hydrogen) atoms. The maximum Gasteiger partial charge on any atom is 0.247 e. The lowest BCUT2D eigenvalue weighted by Gasteiger charge is -2.14. The predicted molar refractivity (Wildman–Crippen MR) is 103 cm³/mol. The Morgan fingerprint density at radius 3 is 2.82 bits per heavy atom. The number of carbonyl (C=O) groups excluding carboxylic acids is 1. The van der Waals surface area contributed by atoms with Crippen LogP contribution in [0.4, 0.5) is 0 Å². The highest BCUT2D eigenvalue weighted by molar-refractivity contribution is 5.99. The van der Waals surface area contributed by atoms with Crippen LogP contribution in [0.1, 0.15) is 24.2 Å². The molecule has 0 aromatic carbocycles. The maximum atomic E-state index is 12.3. The van der Waals surface area contributed by atoms with Crippen LogP contribution >= 0.6 is 0 Å². The third kappa shape index (κ3) is 4.14. The van der Waals surface area contributed by atoms with Crippen LogP contribution in [0.2, 0.25) is 0 Å². The molecule has 0 bridgehead atoms. The van der Waals surface area contributed by atoms with Crippen LogP contribution in [0, 0.1) is 6.92 Å². The van der Waals surface area contributed by atoms with E-state index in [0.717, 1.165) is 34.6 Å². The summed E-state index contributed by atoms with van der Waals surface area (Å²) < 4.78 is 1.58. The van der Waals surface area contributed by atoms with Crippen molar-refractivity contribution in [3.8, 4) is 11.3 Å². The van der Waals surface area contributed by atoms with E-state index in [0.29, 0.717) is 12.3 Å². The van der Waals surface area contributed by atoms with Crippen LogP contribution < -0.4 is 5.32 Å². The van der Waals surface area contributed by atoms with Crippen molar-refractivity contribution in [2.45, 2.75) is 26.3 Å². The number of amides is 1. The van der Waals surface area contributed by atoms with E-state index in [2.05, 4.69) is 35.3 Å². The highest BCUT2D eigenvalue weighted by Crippen LogP contribution is 2.20. The lowest BCUT2D eigenvalue weighted by molar-refractivity contribution is -0.120. The Bertz CT molecular complexity index is 1050. The highest BCUT2D eigenvalue weighted by Gasteiger charge is 2.14. The molecule has 0 radical (unpaired) electrons. The molecule has 0 spiro atoms. The number of aliphatic imine (C=N–C) groups is 1. The molecule has 9 nitrogen and oxygen atoms in total. The van der Waals surface area contributed by atoms with E-state index in [1.54, 1.807) is 41.9 Å². The Morgan fingerprint density at radius 2 is 2.07 bits per heavy atom. The molecular formula is C19H18N8O. The van der Waals surface area contributed by atoms with Gasteiger partial charge in [-0.25, -0.2) is 15.0 Å². The Balaban J connectivity index is 1.38. The molecule has 3 aromatic rings. The highest BCUT2D eigenvalue weighted by atomic mass is 16.2. The molecule has 1 aliphatic rings. The third-order valence-corrected chi connectivity index (χ3v) is 4.22. The van der Waals surface area contributed by atoms with Crippen molar-refractivity contribution in [1.82, 2.24) is 35.0 Å². The van der Waals surface area contributed by atoms with E-state index in [-0.39, 0.29) is 12.5 Å². The van der Waals surface area contributed by atoms with Crippen LogP contribution in [-0.4, -0.2) is 41.5 Å². The Labute approximate surface area is 161 Å². The Hall–Kier alpha value is -3.75. The van der Waals surface area contributed by atoms with E-state index in [4.69, 9.17) is 0 Å². The zero-order chi connectivity index (χ0) is 19.3. The maximum absolute atomic E-state index is 12.3. The average molecular weight is 374 g/mol. The van der Waals surface area contributed by atoms with Gasteiger partial charge in [0.15, 0.2) is 0 Å². The van der Waals surface area contributed by atoms with Crippen LogP contribution in [0.15, 0.2) is 54.6 Å². The Morgan fingerprint density at radius 1 is 1.14 bits per heavy atom. The van der Waals surface area contributed by atoms with Crippen LogP contribution in [0.5, 0.6) is 0 Å². The van der Waals surface area contributed by atoms with E-state index in [1.165, 1.54) is 6.33 Å². The van der Waals surface area contributed by atoms with E-state index in [9.17, 15) is 4.79 Å². The first kappa shape index (κ1) is 17.7. The smallest absolute Gasteiger partial charge is 0.247 e. The molecule has 1 amide bonds. The lowest BCUT2D eigenvalue weighted by Crippen LogP contribution is -2.34. The van der Waals surface area contributed by atoms with Gasteiger partial charge in [0.05, 0.1) is 23.8 Å². The number of allylic oxidation sites excluding steroid dienone is 1. The van der Waals surface area contributed by atoms with Crippen molar-refractivity contribution in [3.05, 3.63) is 61.0 Å². The van der Waals surface area contributed by atoms with Gasteiger partial charge in [-0.2, -0.15) is 5.10 Å². The third-order valence-electron chi connectivity index (χ3n) is 4.22. The Kier molecular flexibility index (Phi) is 4.96. The molecule has 9 heteroatoms. The summed E-state index contributed by atoms with van der Waals surface area (Å²) in [5.41, 5.74) is 4.30. The summed E-state index contributed by atoms with van der Waals surface area (Å²) in [6.45, 7) is 2.00. The van der Waals surface area contributed by atoms with E-state index >= 15 is 0 Å². The zero-order valence-electron chi connectivity index (χ0n) is 15.3. The minimum atomic E-state index is -0.177. The van der Waals surface area contributed by atoms with Crippen molar-refractivity contribution < 1.29 is 4.79 Å². The second kappa shape index (κ2) is 7.87. The number of hydrogen-bond donors (Lipinski definition) is 1. The zero-order valence-corrected chi connectivity index (χ0v) is 15.3. The number of nitrogens with zero attached hydrogens (tertiary/aromatic N) is 7. The van der Waals surface area contributed by atoms with Crippen molar-refractivity contribution in [2.75, 3.05) is 0 Å². The molecule has 0 unspecified atom stereocenters. The van der Waals surface area contributed by atoms with Crippen molar-refractivity contribution in [1.29, 1.82) is 0 Å². The van der Waals surface area contributed by atoms with Crippen LogP contribution in [0.3, 0.4) is 0 Å². The fraction of sp³-hybridized carbons (Fsp3) is 0.211. The van der Waals surface area contributed by atoms with Crippen molar-refractivity contribution in [3.63, 3.8) is 0 Å². The number of rotatable bonds is 4. The molecule has 4 heterocycles. The van der Waals surface area contributed by atoms with Gasteiger partial charge in [0.25, 0.3) is 0 Å². The second-order valence-corrected chi connectivity index (χ2v) is 6.34. The first-order chi connectivity index (χ1) is 13.7. The molecule has 0 saturated heterocycles. The summed E-state index contributed by atoms with van der Waals surface area (Å²) in [5.74, 6) is 0.458. The number of hydrogen-bond acceptors (Lipinski definition) is 7. The lowest BCUT2D eigenvalue weighted by atomic mass is 10.1. The number of aryl methyl sites for hydroxylation is 1. The normalized spacial score (nSPS) is 13.6. The first-order valence-corrected chi connectivity index (χ1v) is 8.81. The van der Waals surface area contributed by atoms with E-state index < -0.39 is 0 Å². The second-order valence-electron chi connectivity index (χ2n) is 6.34. The summed E-state index contributed by atoms with van der Waals surface area (Å²) >= 11 is 0. The minimum absolute atomic E-state index is 0.101. The molecule has 3 aromatic heterocycles. The van der Waals surface area contributed by atoms with Gasteiger partial charge >= 0.3 is 0 Å². The summed E-state index contributed by atoms with van der Waals surface area (Å²) in [6, 6.07) is 1.87. The van der Waals surface area contributed by atoms with Gasteiger partial charge in [0.2, 0.25) is 5.91 Å². The first-order valence-electron chi connectivity index (χ1n) is 8.81. The number of carbonyl (C=O) groups is 1. The summed E-state index contributed by atoms with van der Waals surface area (Å²) in [7, 11) is 0. The van der Waals surface area contributed by atoms with Crippen molar-refractivity contribution >= 4 is 17.3 Å².